The lowest BCUT2D eigenvalue weighted by Crippen LogP contribution is -2.13. The summed E-state index contributed by atoms with van der Waals surface area (Å²) in [6.07, 6.45) is 2.80. The summed E-state index contributed by atoms with van der Waals surface area (Å²) in [5, 5.41) is 10.2. The van der Waals surface area contributed by atoms with Gasteiger partial charge in [-0.25, -0.2) is 14.7 Å². The van der Waals surface area contributed by atoms with Crippen LogP contribution in [0.4, 0.5) is 5.82 Å². The number of rotatable bonds is 6. The van der Waals surface area contributed by atoms with Crippen LogP contribution in [0.1, 0.15) is 15.9 Å². The van der Waals surface area contributed by atoms with E-state index in [1.54, 1.807) is 42.5 Å². The molecule has 0 saturated heterocycles. The van der Waals surface area contributed by atoms with Gasteiger partial charge in [0.25, 0.3) is 0 Å². The van der Waals surface area contributed by atoms with Gasteiger partial charge in [-0.05, 0) is 48.0 Å². The molecule has 0 amide bonds. The zero-order valence-corrected chi connectivity index (χ0v) is 15.3. The third-order valence-corrected chi connectivity index (χ3v) is 3.68. The Balaban J connectivity index is 1.71. The highest BCUT2D eigenvalue weighted by Crippen LogP contribution is 2.28. The van der Waals surface area contributed by atoms with E-state index in [4.69, 9.17) is 21.1 Å². The van der Waals surface area contributed by atoms with Gasteiger partial charge >= 0.3 is 11.7 Å². The van der Waals surface area contributed by atoms with Gasteiger partial charge in [0, 0.05) is 5.02 Å². The first kappa shape index (κ1) is 19.1. The molecule has 0 unspecified atom stereocenters. The van der Waals surface area contributed by atoms with Crippen LogP contribution in [0.5, 0.6) is 11.5 Å². The minimum absolute atomic E-state index is 0.195. The number of methoxy groups -OCH3 is 1. The molecule has 1 aromatic heterocycles. The number of carbonyl (C=O) groups excluding carboxylic acids is 1. The summed E-state index contributed by atoms with van der Waals surface area (Å²) in [7, 11) is 1.46. The molecule has 0 aliphatic carbocycles. The van der Waals surface area contributed by atoms with Crippen LogP contribution in [0.25, 0.3) is 0 Å². The molecule has 142 valence electrons. The normalized spacial score (nSPS) is 10.6. The molecule has 0 fully saturated rings. The predicted molar refractivity (Wildman–Crippen MR) is 103 cm³/mol. The van der Waals surface area contributed by atoms with Crippen LogP contribution in [0, 0.1) is 0 Å². The van der Waals surface area contributed by atoms with Gasteiger partial charge in [-0.2, -0.15) is 15.2 Å². The monoisotopic (exact) mass is 399 g/mol. The molecule has 10 heteroatoms. The Bertz CT molecular complexity index is 1070. The molecule has 0 aliphatic heterocycles. The van der Waals surface area contributed by atoms with E-state index in [9.17, 15) is 9.59 Å². The molecular weight excluding hydrogens is 386 g/mol. The highest BCUT2D eigenvalue weighted by molar-refractivity contribution is 6.30. The van der Waals surface area contributed by atoms with Crippen LogP contribution in [-0.2, 0) is 0 Å². The Kier molecular flexibility index (Phi) is 5.97. The number of benzene rings is 2. The molecule has 0 aliphatic rings. The van der Waals surface area contributed by atoms with Gasteiger partial charge in [-0.1, -0.05) is 11.6 Å². The topological polar surface area (TPSA) is 119 Å². The van der Waals surface area contributed by atoms with Crippen molar-refractivity contribution in [2.75, 3.05) is 12.5 Å². The van der Waals surface area contributed by atoms with Gasteiger partial charge in [0.05, 0.1) is 25.1 Å². The Hall–Kier alpha value is -3.72. The van der Waals surface area contributed by atoms with Gasteiger partial charge in [-0.3, -0.25) is 5.43 Å². The molecule has 0 saturated carbocycles. The Morgan fingerprint density at radius 2 is 2.00 bits per heavy atom. The number of anilines is 1. The van der Waals surface area contributed by atoms with Crippen molar-refractivity contribution in [3.8, 4) is 11.5 Å². The smallest absolute Gasteiger partial charge is 0.363 e. The highest BCUT2D eigenvalue weighted by atomic mass is 35.5. The molecule has 28 heavy (non-hydrogen) atoms. The first-order valence-electron chi connectivity index (χ1n) is 7.92. The van der Waals surface area contributed by atoms with Crippen molar-refractivity contribution in [2.45, 2.75) is 0 Å². The fraction of sp³-hybridized carbons (Fsp3) is 0.0556. The maximum atomic E-state index is 12.2. The van der Waals surface area contributed by atoms with E-state index < -0.39 is 11.7 Å². The SMILES string of the molecule is COc1cc(/C=N/Nc2cn[nH]c(=O)n2)ccc1OC(=O)c1ccc(Cl)cc1. The third kappa shape index (κ3) is 4.92. The molecule has 0 atom stereocenters. The quantitative estimate of drug-likeness (QED) is 0.283. The van der Waals surface area contributed by atoms with Gasteiger partial charge in [0.2, 0.25) is 0 Å². The maximum Gasteiger partial charge on any atom is 0.363 e. The molecule has 0 spiro atoms. The molecule has 1 heterocycles. The summed E-state index contributed by atoms with van der Waals surface area (Å²) in [5.74, 6) is 0.265. The zero-order valence-electron chi connectivity index (χ0n) is 14.5. The molecule has 2 aromatic carbocycles. The number of H-pyrrole nitrogens is 1. The van der Waals surface area contributed by atoms with Crippen LogP contribution in [0.2, 0.25) is 5.02 Å². The van der Waals surface area contributed by atoms with Crippen molar-refractivity contribution in [1.29, 1.82) is 0 Å². The number of nitrogens with one attached hydrogen (secondary N) is 2. The highest BCUT2D eigenvalue weighted by Gasteiger charge is 2.12. The number of hydrogen-bond acceptors (Lipinski definition) is 8. The van der Waals surface area contributed by atoms with E-state index in [1.807, 2.05) is 0 Å². The second-order valence-electron chi connectivity index (χ2n) is 5.35. The lowest BCUT2D eigenvalue weighted by atomic mass is 10.2. The number of hydrogen-bond donors (Lipinski definition) is 2. The van der Waals surface area contributed by atoms with Gasteiger partial charge < -0.3 is 9.47 Å². The Morgan fingerprint density at radius 1 is 1.21 bits per heavy atom. The Labute approximate surface area is 164 Å². The number of aromatic amines is 1. The second-order valence-corrected chi connectivity index (χ2v) is 5.79. The minimum atomic E-state index is -0.589. The number of hydrazone groups is 1. The summed E-state index contributed by atoms with van der Waals surface area (Å²) in [6.45, 7) is 0. The summed E-state index contributed by atoms with van der Waals surface area (Å²) < 4.78 is 10.7. The number of ether oxygens (including phenoxy) is 2. The van der Waals surface area contributed by atoms with E-state index in [-0.39, 0.29) is 11.6 Å². The Morgan fingerprint density at radius 3 is 2.71 bits per heavy atom. The van der Waals surface area contributed by atoms with E-state index >= 15 is 0 Å². The average molecular weight is 400 g/mol. The fourth-order valence-electron chi connectivity index (χ4n) is 2.13. The van der Waals surface area contributed by atoms with Crippen molar-refractivity contribution in [3.05, 3.63) is 75.3 Å². The number of nitrogens with zero attached hydrogens (tertiary/aromatic N) is 3. The summed E-state index contributed by atoms with van der Waals surface area (Å²) in [6, 6.07) is 11.3. The third-order valence-electron chi connectivity index (χ3n) is 3.43. The molecule has 3 aromatic rings. The van der Waals surface area contributed by atoms with Gasteiger partial charge in [0.1, 0.15) is 0 Å². The number of carbonyl (C=O) groups is 1. The first-order valence-corrected chi connectivity index (χ1v) is 8.29. The number of esters is 1. The first-order chi connectivity index (χ1) is 13.5. The predicted octanol–water partition coefficient (Wildman–Crippen LogP) is 2.49. The summed E-state index contributed by atoms with van der Waals surface area (Å²) >= 11 is 5.82. The molecule has 3 rings (SSSR count). The molecule has 0 radical (unpaired) electrons. The van der Waals surface area contributed by atoms with Crippen LogP contribution < -0.4 is 20.6 Å². The lowest BCUT2D eigenvalue weighted by Gasteiger charge is -2.10. The largest absolute Gasteiger partial charge is 0.493 e. The van der Waals surface area contributed by atoms with Gasteiger partial charge in [0.15, 0.2) is 17.3 Å². The zero-order chi connectivity index (χ0) is 19.9. The van der Waals surface area contributed by atoms with Gasteiger partial charge in [-0.15, -0.1) is 0 Å². The van der Waals surface area contributed by atoms with Crippen molar-refractivity contribution < 1.29 is 14.3 Å². The number of aromatic nitrogens is 3. The van der Waals surface area contributed by atoms with Crippen LogP contribution >= 0.6 is 11.6 Å². The van der Waals surface area contributed by atoms with Crippen LogP contribution in [-0.4, -0.2) is 34.5 Å². The van der Waals surface area contributed by atoms with Crippen LogP contribution in [0.3, 0.4) is 0 Å². The minimum Gasteiger partial charge on any atom is -0.493 e. The van der Waals surface area contributed by atoms with E-state index in [0.717, 1.165) is 0 Å². The fourth-order valence-corrected chi connectivity index (χ4v) is 2.26. The maximum absolute atomic E-state index is 12.2. The van der Waals surface area contributed by atoms with E-state index in [0.29, 0.717) is 21.9 Å². The van der Waals surface area contributed by atoms with Crippen LogP contribution in [0.15, 0.2) is 58.6 Å². The molecule has 9 nitrogen and oxygen atoms in total. The second kappa shape index (κ2) is 8.78. The summed E-state index contributed by atoms with van der Waals surface area (Å²) in [5.41, 5.74) is 3.02. The summed E-state index contributed by atoms with van der Waals surface area (Å²) in [4.78, 5) is 26.9. The average Bonchev–Trinajstić information content (AvgIpc) is 2.69. The van der Waals surface area contributed by atoms with Crippen molar-refractivity contribution in [2.24, 2.45) is 5.10 Å². The molecule has 0 bridgehead atoms. The standard InChI is InChI=1S/C18H14ClN5O4/c1-27-15-8-11(9-20-23-16-10-21-24-18(26)22-16)2-7-14(15)28-17(25)12-3-5-13(19)6-4-12/h2-10H,1H3,(H2,22,23,24,26)/b20-9+. The van der Waals surface area contributed by atoms with Crippen molar-refractivity contribution in [1.82, 2.24) is 15.2 Å². The number of halogens is 1. The molecule has 2 N–H and O–H groups in total. The lowest BCUT2D eigenvalue weighted by molar-refractivity contribution is 0.0729. The van der Waals surface area contributed by atoms with E-state index in [2.05, 4.69) is 25.7 Å². The molecular formula is C18H14ClN5O4. The van der Waals surface area contributed by atoms with E-state index in [1.165, 1.54) is 19.5 Å². The van der Waals surface area contributed by atoms with Crippen molar-refractivity contribution in [3.63, 3.8) is 0 Å². The van der Waals surface area contributed by atoms with Crippen molar-refractivity contribution >= 4 is 29.6 Å².